The van der Waals surface area contributed by atoms with Gasteiger partial charge in [0, 0.05) is 33.2 Å². The van der Waals surface area contributed by atoms with E-state index >= 15 is 0 Å². The van der Waals surface area contributed by atoms with Gasteiger partial charge < -0.3 is 10.2 Å². The van der Waals surface area contributed by atoms with E-state index in [4.69, 9.17) is 0 Å². The molecule has 4 heteroatoms. The SMILES string of the molecule is CC(C)CN(CC(=O)N(C)C)CC1CCCN1. The third-order valence-corrected chi connectivity index (χ3v) is 3.12. The van der Waals surface area contributed by atoms with E-state index in [0.29, 0.717) is 18.5 Å². The standard InChI is InChI=1S/C13H27N3O/c1-11(2)8-16(10-13(17)15(3)4)9-12-6-5-7-14-12/h11-12,14H,5-10H2,1-4H3. The minimum Gasteiger partial charge on any atom is -0.348 e. The van der Waals surface area contributed by atoms with E-state index in [-0.39, 0.29) is 5.91 Å². The first-order valence-electron chi connectivity index (χ1n) is 6.65. The molecule has 100 valence electrons. The third-order valence-electron chi connectivity index (χ3n) is 3.12. The molecule has 1 atom stereocenters. The molecule has 0 aromatic carbocycles. The first kappa shape index (κ1) is 14.5. The summed E-state index contributed by atoms with van der Waals surface area (Å²) in [7, 11) is 3.65. The molecule has 4 nitrogen and oxygen atoms in total. The minimum absolute atomic E-state index is 0.198. The average molecular weight is 241 g/mol. The number of nitrogens with one attached hydrogen (secondary N) is 1. The van der Waals surface area contributed by atoms with Gasteiger partial charge in [-0.2, -0.15) is 0 Å². The van der Waals surface area contributed by atoms with Crippen molar-refractivity contribution in [2.45, 2.75) is 32.7 Å². The zero-order chi connectivity index (χ0) is 12.8. The lowest BCUT2D eigenvalue weighted by Crippen LogP contribution is -2.44. The second kappa shape index (κ2) is 6.97. The summed E-state index contributed by atoms with van der Waals surface area (Å²) in [6, 6.07) is 0.573. The molecule has 1 aliphatic rings. The lowest BCUT2D eigenvalue weighted by atomic mass is 10.1. The summed E-state index contributed by atoms with van der Waals surface area (Å²) in [6.07, 6.45) is 2.51. The largest absolute Gasteiger partial charge is 0.348 e. The predicted molar refractivity (Wildman–Crippen MR) is 71.0 cm³/mol. The maximum Gasteiger partial charge on any atom is 0.236 e. The van der Waals surface area contributed by atoms with E-state index in [1.54, 1.807) is 4.90 Å². The van der Waals surface area contributed by atoms with E-state index < -0.39 is 0 Å². The van der Waals surface area contributed by atoms with Crippen LogP contribution in [0.25, 0.3) is 0 Å². The fraction of sp³-hybridized carbons (Fsp3) is 0.923. The zero-order valence-corrected chi connectivity index (χ0v) is 11.7. The number of nitrogens with zero attached hydrogens (tertiary/aromatic N) is 2. The first-order valence-corrected chi connectivity index (χ1v) is 6.65. The van der Waals surface area contributed by atoms with Gasteiger partial charge in [0.1, 0.15) is 0 Å². The van der Waals surface area contributed by atoms with E-state index in [1.165, 1.54) is 12.8 Å². The summed E-state index contributed by atoms with van der Waals surface area (Å²) >= 11 is 0. The molecule has 0 radical (unpaired) electrons. The summed E-state index contributed by atoms with van der Waals surface area (Å²) in [4.78, 5) is 15.7. The molecule has 0 spiro atoms. The van der Waals surface area contributed by atoms with Crippen LogP contribution < -0.4 is 5.32 Å². The molecule has 1 saturated heterocycles. The summed E-state index contributed by atoms with van der Waals surface area (Å²) in [5, 5.41) is 3.50. The molecule has 17 heavy (non-hydrogen) atoms. The molecule has 0 aromatic rings. The van der Waals surface area contributed by atoms with Crippen LogP contribution in [0.4, 0.5) is 0 Å². The Kier molecular flexibility index (Phi) is 5.92. The molecule has 1 N–H and O–H groups in total. The summed E-state index contributed by atoms with van der Waals surface area (Å²) in [6.45, 7) is 8.07. The van der Waals surface area contributed by atoms with Crippen LogP contribution in [0.15, 0.2) is 0 Å². The summed E-state index contributed by atoms with van der Waals surface area (Å²) in [5.74, 6) is 0.801. The van der Waals surface area contributed by atoms with Crippen LogP contribution in [0.2, 0.25) is 0 Å². The van der Waals surface area contributed by atoms with Gasteiger partial charge in [-0.15, -0.1) is 0 Å². The van der Waals surface area contributed by atoms with Crippen LogP contribution in [-0.4, -0.2) is 62.0 Å². The topological polar surface area (TPSA) is 35.6 Å². The Morgan fingerprint density at radius 3 is 2.59 bits per heavy atom. The number of likely N-dealkylation sites (N-methyl/N-ethyl adjacent to an activating group) is 1. The molecule has 1 rings (SSSR count). The molecular formula is C13H27N3O. The van der Waals surface area contributed by atoms with E-state index in [9.17, 15) is 4.79 Å². The van der Waals surface area contributed by atoms with Crippen molar-refractivity contribution in [1.82, 2.24) is 15.1 Å². The molecule has 0 saturated carbocycles. The number of rotatable bonds is 6. The van der Waals surface area contributed by atoms with Crippen molar-refractivity contribution < 1.29 is 4.79 Å². The lowest BCUT2D eigenvalue weighted by molar-refractivity contribution is -0.130. The second-order valence-corrected chi connectivity index (χ2v) is 5.67. The molecule has 1 amide bonds. The number of carbonyl (C=O) groups is 1. The van der Waals surface area contributed by atoms with Crippen molar-refractivity contribution >= 4 is 5.91 Å². The number of carbonyl (C=O) groups excluding carboxylic acids is 1. The van der Waals surface area contributed by atoms with Crippen LogP contribution >= 0.6 is 0 Å². The van der Waals surface area contributed by atoms with Gasteiger partial charge in [-0.25, -0.2) is 0 Å². The Morgan fingerprint density at radius 1 is 1.41 bits per heavy atom. The lowest BCUT2D eigenvalue weighted by Gasteiger charge is -2.27. The summed E-state index contributed by atoms with van der Waals surface area (Å²) < 4.78 is 0. The van der Waals surface area contributed by atoms with E-state index in [1.807, 2.05) is 14.1 Å². The Labute approximate surface area is 105 Å². The van der Waals surface area contributed by atoms with Gasteiger partial charge in [-0.3, -0.25) is 9.69 Å². The van der Waals surface area contributed by atoms with Gasteiger partial charge in [0.05, 0.1) is 6.54 Å². The number of hydrogen-bond acceptors (Lipinski definition) is 3. The predicted octanol–water partition coefficient (Wildman–Crippen LogP) is 0.785. The maximum absolute atomic E-state index is 11.8. The van der Waals surface area contributed by atoms with Crippen molar-refractivity contribution in [3.05, 3.63) is 0 Å². The quantitative estimate of drug-likeness (QED) is 0.746. The van der Waals surface area contributed by atoms with Crippen molar-refractivity contribution in [2.24, 2.45) is 5.92 Å². The van der Waals surface area contributed by atoms with E-state index in [0.717, 1.165) is 19.6 Å². The van der Waals surface area contributed by atoms with Gasteiger partial charge in [0.2, 0.25) is 5.91 Å². The van der Waals surface area contributed by atoms with Crippen LogP contribution in [-0.2, 0) is 4.79 Å². The van der Waals surface area contributed by atoms with Crippen LogP contribution in [0, 0.1) is 5.92 Å². The maximum atomic E-state index is 11.8. The molecule has 1 fully saturated rings. The van der Waals surface area contributed by atoms with Crippen LogP contribution in [0.5, 0.6) is 0 Å². The molecule has 0 aliphatic carbocycles. The Bertz CT molecular complexity index is 235. The Balaban J connectivity index is 2.44. The van der Waals surface area contributed by atoms with Gasteiger partial charge in [-0.05, 0) is 25.3 Å². The van der Waals surface area contributed by atoms with Gasteiger partial charge in [-0.1, -0.05) is 13.8 Å². The van der Waals surface area contributed by atoms with Gasteiger partial charge in [0.15, 0.2) is 0 Å². The summed E-state index contributed by atoms with van der Waals surface area (Å²) in [5.41, 5.74) is 0. The van der Waals surface area contributed by atoms with Crippen molar-refractivity contribution in [1.29, 1.82) is 0 Å². The molecule has 1 unspecified atom stereocenters. The highest BCUT2D eigenvalue weighted by Crippen LogP contribution is 2.08. The number of amides is 1. The van der Waals surface area contributed by atoms with Crippen molar-refractivity contribution in [3.63, 3.8) is 0 Å². The highest BCUT2D eigenvalue weighted by molar-refractivity contribution is 5.77. The van der Waals surface area contributed by atoms with Gasteiger partial charge in [0.25, 0.3) is 0 Å². The molecule has 0 bridgehead atoms. The second-order valence-electron chi connectivity index (χ2n) is 5.67. The normalized spacial score (nSPS) is 20.2. The fourth-order valence-corrected chi connectivity index (χ4v) is 2.28. The molecular weight excluding hydrogens is 214 g/mol. The average Bonchev–Trinajstić information content (AvgIpc) is 2.68. The third kappa shape index (κ3) is 5.50. The first-order chi connectivity index (χ1) is 7.99. The highest BCUT2D eigenvalue weighted by atomic mass is 16.2. The zero-order valence-electron chi connectivity index (χ0n) is 11.7. The smallest absolute Gasteiger partial charge is 0.236 e. The number of hydrogen-bond donors (Lipinski definition) is 1. The van der Waals surface area contributed by atoms with Crippen molar-refractivity contribution in [2.75, 3.05) is 40.3 Å². The molecule has 1 aliphatic heterocycles. The Morgan fingerprint density at radius 2 is 2.12 bits per heavy atom. The molecule has 0 aromatic heterocycles. The van der Waals surface area contributed by atoms with Crippen LogP contribution in [0.3, 0.4) is 0 Å². The minimum atomic E-state index is 0.198. The van der Waals surface area contributed by atoms with Crippen LogP contribution in [0.1, 0.15) is 26.7 Å². The molecule has 1 heterocycles. The Hall–Kier alpha value is -0.610. The monoisotopic (exact) mass is 241 g/mol. The van der Waals surface area contributed by atoms with E-state index in [2.05, 4.69) is 24.1 Å². The highest BCUT2D eigenvalue weighted by Gasteiger charge is 2.20. The van der Waals surface area contributed by atoms with Crippen molar-refractivity contribution in [3.8, 4) is 0 Å². The van der Waals surface area contributed by atoms with Gasteiger partial charge >= 0.3 is 0 Å². The fourth-order valence-electron chi connectivity index (χ4n) is 2.28.